The summed E-state index contributed by atoms with van der Waals surface area (Å²) in [7, 11) is 5.45. The van der Waals surface area contributed by atoms with Crippen molar-refractivity contribution in [3.05, 3.63) is 23.8 Å². The summed E-state index contributed by atoms with van der Waals surface area (Å²) >= 11 is 0. The van der Waals surface area contributed by atoms with Crippen molar-refractivity contribution < 1.29 is 9.47 Å². The lowest BCUT2D eigenvalue weighted by molar-refractivity contribution is 0.130. The van der Waals surface area contributed by atoms with Crippen molar-refractivity contribution in [3.63, 3.8) is 0 Å². The van der Waals surface area contributed by atoms with Crippen LogP contribution < -0.4 is 14.8 Å². The molecule has 1 N–H and O–H groups in total. The number of hydrogen-bond acceptors (Lipinski definition) is 4. The van der Waals surface area contributed by atoms with Gasteiger partial charge in [0, 0.05) is 36.8 Å². The van der Waals surface area contributed by atoms with Crippen molar-refractivity contribution in [3.8, 4) is 11.5 Å². The highest BCUT2D eigenvalue weighted by molar-refractivity contribution is 5.40. The van der Waals surface area contributed by atoms with Gasteiger partial charge in [0.2, 0.25) is 0 Å². The van der Waals surface area contributed by atoms with Gasteiger partial charge in [0.05, 0.1) is 14.2 Å². The van der Waals surface area contributed by atoms with Crippen LogP contribution in [-0.4, -0.2) is 44.8 Å². The molecule has 1 aliphatic rings. The van der Waals surface area contributed by atoms with Crippen LogP contribution in [0.2, 0.25) is 0 Å². The van der Waals surface area contributed by atoms with E-state index in [9.17, 15) is 0 Å². The molecular formula is C16H26N2O2. The average Bonchev–Trinajstić information content (AvgIpc) is 2.49. The Morgan fingerprint density at radius 3 is 2.70 bits per heavy atom. The van der Waals surface area contributed by atoms with Crippen molar-refractivity contribution in [2.75, 3.05) is 27.8 Å². The molecule has 0 amide bonds. The fourth-order valence-corrected chi connectivity index (χ4v) is 2.92. The molecule has 4 nitrogen and oxygen atoms in total. The van der Waals surface area contributed by atoms with Crippen LogP contribution in [0.5, 0.6) is 11.5 Å². The Kier molecular flexibility index (Phi) is 5.26. The molecular weight excluding hydrogens is 252 g/mol. The Bertz CT molecular complexity index is 436. The molecule has 2 rings (SSSR count). The number of likely N-dealkylation sites (tertiary alicyclic amines) is 1. The maximum atomic E-state index is 5.49. The predicted octanol–water partition coefficient (Wildman–Crippen LogP) is 2.28. The zero-order chi connectivity index (χ0) is 14.5. The maximum absolute atomic E-state index is 5.49. The van der Waals surface area contributed by atoms with Crippen LogP contribution in [0.25, 0.3) is 0 Å². The molecule has 2 unspecified atom stereocenters. The number of benzene rings is 1. The third-order valence-corrected chi connectivity index (χ3v) is 4.29. The van der Waals surface area contributed by atoms with E-state index in [-0.39, 0.29) is 0 Å². The van der Waals surface area contributed by atoms with E-state index in [0.29, 0.717) is 12.1 Å². The van der Waals surface area contributed by atoms with E-state index in [1.165, 1.54) is 18.4 Å². The summed E-state index contributed by atoms with van der Waals surface area (Å²) in [6.07, 6.45) is 2.41. The molecule has 4 heteroatoms. The van der Waals surface area contributed by atoms with Gasteiger partial charge in [0.1, 0.15) is 11.5 Å². The largest absolute Gasteiger partial charge is 0.497 e. The molecule has 1 fully saturated rings. The van der Waals surface area contributed by atoms with Crippen molar-refractivity contribution in [1.29, 1.82) is 0 Å². The van der Waals surface area contributed by atoms with Crippen LogP contribution in [0.1, 0.15) is 25.3 Å². The lowest BCUT2D eigenvalue weighted by Gasteiger charge is -2.37. The Labute approximate surface area is 122 Å². The zero-order valence-electron chi connectivity index (χ0n) is 13.0. The number of hydrogen-bond donors (Lipinski definition) is 1. The first-order chi connectivity index (χ1) is 9.67. The van der Waals surface area contributed by atoms with Crippen LogP contribution in [0.15, 0.2) is 18.2 Å². The van der Waals surface area contributed by atoms with Crippen LogP contribution in [0, 0.1) is 0 Å². The number of piperidine rings is 1. The van der Waals surface area contributed by atoms with Crippen molar-refractivity contribution >= 4 is 0 Å². The van der Waals surface area contributed by atoms with Gasteiger partial charge in [-0.3, -0.25) is 4.90 Å². The van der Waals surface area contributed by atoms with E-state index in [2.05, 4.69) is 30.3 Å². The summed E-state index contributed by atoms with van der Waals surface area (Å²) in [5, 5.41) is 3.39. The Balaban J connectivity index is 2.06. The van der Waals surface area contributed by atoms with Crippen LogP contribution >= 0.6 is 0 Å². The molecule has 20 heavy (non-hydrogen) atoms. The second kappa shape index (κ2) is 6.95. The van der Waals surface area contributed by atoms with E-state index in [1.807, 2.05) is 12.1 Å². The number of methoxy groups -OCH3 is 2. The summed E-state index contributed by atoms with van der Waals surface area (Å²) in [6.45, 7) is 4.37. The standard InChI is InChI=1S/C16H26N2O2/c1-12-9-14(17-2)7-8-18(12)11-13-5-6-15(19-3)10-16(13)20-4/h5-6,10,12,14,17H,7-9,11H2,1-4H3. The predicted molar refractivity (Wildman–Crippen MR) is 81.5 cm³/mol. The molecule has 1 aromatic rings. The van der Waals surface area contributed by atoms with Gasteiger partial charge in [-0.25, -0.2) is 0 Å². The Hall–Kier alpha value is -1.26. The lowest BCUT2D eigenvalue weighted by atomic mass is 9.97. The summed E-state index contributed by atoms with van der Waals surface area (Å²) in [6, 6.07) is 7.31. The highest BCUT2D eigenvalue weighted by atomic mass is 16.5. The topological polar surface area (TPSA) is 33.7 Å². The molecule has 2 atom stereocenters. The van der Waals surface area contributed by atoms with Crippen molar-refractivity contribution in [2.24, 2.45) is 0 Å². The number of nitrogens with zero attached hydrogens (tertiary/aromatic N) is 1. The van der Waals surface area contributed by atoms with E-state index in [0.717, 1.165) is 24.6 Å². The van der Waals surface area contributed by atoms with Gasteiger partial charge in [-0.1, -0.05) is 6.07 Å². The lowest BCUT2D eigenvalue weighted by Crippen LogP contribution is -2.46. The van der Waals surface area contributed by atoms with Gasteiger partial charge >= 0.3 is 0 Å². The third kappa shape index (κ3) is 3.44. The highest BCUT2D eigenvalue weighted by Gasteiger charge is 2.25. The molecule has 1 aromatic carbocycles. The zero-order valence-corrected chi connectivity index (χ0v) is 13.0. The number of ether oxygens (including phenoxy) is 2. The van der Waals surface area contributed by atoms with Gasteiger partial charge in [-0.2, -0.15) is 0 Å². The first-order valence-electron chi connectivity index (χ1n) is 7.30. The molecule has 0 spiro atoms. The quantitative estimate of drug-likeness (QED) is 0.896. The first-order valence-corrected chi connectivity index (χ1v) is 7.30. The van der Waals surface area contributed by atoms with E-state index in [1.54, 1.807) is 14.2 Å². The summed E-state index contributed by atoms with van der Waals surface area (Å²) in [5.41, 5.74) is 1.23. The second-order valence-corrected chi connectivity index (χ2v) is 5.51. The van der Waals surface area contributed by atoms with Crippen LogP contribution in [-0.2, 0) is 6.54 Å². The van der Waals surface area contributed by atoms with E-state index >= 15 is 0 Å². The van der Waals surface area contributed by atoms with Gasteiger partial charge in [-0.15, -0.1) is 0 Å². The van der Waals surface area contributed by atoms with Crippen molar-refractivity contribution in [1.82, 2.24) is 10.2 Å². The van der Waals surface area contributed by atoms with Gasteiger partial charge < -0.3 is 14.8 Å². The van der Waals surface area contributed by atoms with Crippen molar-refractivity contribution in [2.45, 2.75) is 38.4 Å². The molecule has 0 aliphatic carbocycles. The fraction of sp³-hybridized carbons (Fsp3) is 0.625. The van der Waals surface area contributed by atoms with Crippen LogP contribution in [0.4, 0.5) is 0 Å². The molecule has 0 radical (unpaired) electrons. The van der Waals surface area contributed by atoms with E-state index < -0.39 is 0 Å². The third-order valence-electron chi connectivity index (χ3n) is 4.29. The first kappa shape index (κ1) is 15.1. The number of rotatable bonds is 5. The molecule has 1 aliphatic heterocycles. The van der Waals surface area contributed by atoms with Gasteiger partial charge in [0.15, 0.2) is 0 Å². The minimum absolute atomic E-state index is 0.591. The Morgan fingerprint density at radius 2 is 2.10 bits per heavy atom. The normalized spacial score (nSPS) is 23.6. The summed E-state index contributed by atoms with van der Waals surface area (Å²) < 4.78 is 10.7. The second-order valence-electron chi connectivity index (χ2n) is 5.51. The maximum Gasteiger partial charge on any atom is 0.127 e. The monoisotopic (exact) mass is 278 g/mol. The summed E-state index contributed by atoms with van der Waals surface area (Å²) in [4.78, 5) is 2.53. The van der Waals surface area contributed by atoms with Crippen LogP contribution in [0.3, 0.4) is 0 Å². The Morgan fingerprint density at radius 1 is 1.30 bits per heavy atom. The fourth-order valence-electron chi connectivity index (χ4n) is 2.92. The molecule has 0 bridgehead atoms. The van der Waals surface area contributed by atoms with Gasteiger partial charge in [-0.05, 0) is 32.9 Å². The SMILES string of the molecule is CNC1CCN(Cc2ccc(OC)cc2OC)C(C)C1. The molecule has 0 saturated carbocycles. The van der Waals surface area contributed by atoms with E-state index in [4.69, 9.17) is 9.47 Å². The summed E-state index contributed by atoms with van der Waals surface area (Å²) in [5.74, 6) is 1.75. The number of nitrogens with one attached hydrogen (secondary N) is 1. The smallest absolute Gasteiger partial charge is 0.127 e. The minimum atomic E-state index is 0.591. The minimum Gasteiger partial charge on any atom is -0.497 e. The highest BCUT2D eigenvalue weighted by Crippen LogP contribution is 2.28. The molecule has 112 valence electrons. The molecule has 1 heterocycles. The molecule has 1 saturated heterocycles. The average molecular weight is 278 g/mol. The molecule has 0 aromatic heterocycles. The van der Waals surface area contributed by atoms with Gasteiger partial charge in [0.25, 0.3) is 0 Å².